The summed E-state index contributed by atoms with van der Waals surface area (Å²) in [4.78, 5) is 0. The highest BCUT2D eigenvalue weighted by atomic mass is 35.5. The zero-order valence-electron chi connectivity index (χ0n) is 12.9. The summed E-state index contributed by atoms with van der Waals surface area (Å²) in [6.45, 7) is 0.611. The standard InChI is InChI=1S/C17H20ClNO3/c1-19-10-12-8-15(21-2)16(22-3)9-14(12)17(20)11-4-6-13(18)7-5-11/h4-9,17,19-20H,10H2,1-3H3/t17-/m0/s1. The highest BCUT2D eigenvalue weighted by Gasteiger charge is 2.18. The van der Waals surface area contributed by atoms with E-state index in [1.54, 1.807) is 26.4 Å². The largest absolute Gasteiger partial charge is 0.493 e. The van der Waals surface area contributed by atoms with Gasteiger partial charge in [-0.2, -0.15) is 0 Å². The van der Waals surface area contributed by atoms with Crippen LogP contribution in [-0.2, 0) is 6.54 Å². The Morgan fingerprint density at radius 2 is 1.68 bits per heavy atom. The van der Waals surface area contributed by atoms with Gasteiger partial charge in [-0.1, -0.05) is 23.7 Å². The second-order valence-electron chi connectivity index (χ2n) is 4.89. The van der Waals surface area contributed by atoms with Gasteiger partial charge in [0, 0.05) is 11.6 Å². The molecule has 0 aliphatic rings. The van der Waals surface area contributed by atoms with Gasteiger partial charge in [0.15, 0.2) is 11.5 Å². The smallest absolute Gasteiger partial charge is 0.161 e. The second kappa shape index (κ2) is 7.49. The van der Waals surface area contributed by atoms with Crippen molar-refractivity contribution in [3.05, 3.63) is 58.1 Å². The van der Waals surface area contributed by atoms with E-state index in [1.807, 2.05) is 31.3 Å². The Kier molecular flexibility index (Phi) is 5.66. The molecule has 5 heteroatoms. The molecule has 0 amide bonds. The molecule has 2 aromatic rings. The summed E-state index contributed by atoms with van der Waals surface area (Å²) < 4.78 is 10.7. The van der Waals surface area contributed by atoms with E-state index >= 15 is 0 Å². The van der Waals surface area contributed by atoms with Crippen LogP contribution in [0.4, 0.5) is 0 Å². The third-order valence-corrected chi connectivity index (χ3v) is 3.74. The number of methoxy groups -OCH3 is 2. The van der Waals surface area contributed by atoms with Crippen molar-refractivity contribution in [2.75, 3.05) is 21.3 Å². The molecule has 0 aliphatic heterocycles. The Hall–Kier alpha value is -1.75. The van der Waals surface area contributed by atoms with E-state index in [0.29, 0.717) is 23.1 Å². The maximum Gasteiger partial charge on any atom is 0.161 e. The quantitative estimate of drug-likeness (QED) is 0.858. The maximum atomic E-state index is 10.7. The van der Waals surface area contributed by atoms with Crippen molar-refractivity contribution >= 4 is 11.6 Å². The third-order valence-electron chi connectivity index (χ3n) is 3.49. The number of aliphatic hydroxyl groups excluding tert-OH is 1. The number of hydrogen-bond donors (Lipinski definition) is 2. The van der Waals surface area contributed by atoms with Crippen molar-refractivity contribution in [2.24, 2.45) is 0 Å². The monoisotopic (exact) mass is 321 g/mol. The minimum atomic E-state index is -0.763. The van der Waals surface area contributed by atoms with E-state index in [0.717, 1.165) is 16.7 Å². The number of hydrogen-bond acceptors (Lipinski definition) is 4. The van der Waals surface area contributed by atoms with Crippen LogP contribution in [0.1, 0.15) is 22.8 Å². The summed E-state index contributed by atoms with van der Waals surface area (Å²) in [5, 5.41) is 14.4. The zero-order chi connectivity index (χ0) is 16.1. The van der Waals surface area contributed by atoms with Crippen LogP contribution in [0.5, 0.6) is 11.5 Å². The molecule has 118 valence electrons. The molecule has 0 bridgehead atoms. The van der Waals surface area contributed by atoms with Gasteiger partial charge in [-0.25, -0.2) is 0 Å². The van der Waals surface area contributed by atoms with E-state index in [1.165, 1.54) is 0 Å². The fourth-order valence-corrected chi connectivity index (χ4v) is 2.49. The number of ether oxygens (including phenoxy) is 2. The molecule has 0 saturated heterocycles. The molecule has 0 aliphatic carbocycles. The van der Waals surface area contributed by atoms with Crippen molar-refractivity contribution in [3.63, 3.8) is 0 Å². The zero-order valence-corrected chi connectivity index (χ0v) is 13.6. The van der Waals surface area contributed by atoms with Gasteiger partial charge in [0.1, 0.15) is 6.10 Å². The minimum Gasteiger partial charge on any atom is -0.493 e. The maximum absolute atomic E-state index is 10.7. The normalized spacial score (nSPS) is 12.0. The minimum absolute atomic E-state index is 0.588. The lowest BCUT2D eigenvalue weighted by molar-refractivity contribution is 0.218. The van der Waals surface area contributed by atoms with Crippen LogP contribution in [0.15, 0.2) is 36.4 Å². The number of halogens is 1. The summed E-state index contributed by atoms with van der Waals surface area (Å²) in [5.74, 6) is 1.23. The molecule has 22 heavy (non-hydrogen) atoms. The second-order valence-corrected chi connectivity index (χ2v) is 5.33. The highest BCUT2D eigenvalue weighted by Crippen LogP contribution is 2.35. The van der Waals surface area contributed by atoms with E-state index in [4.69, 9.17) is 21.1 Å². The molecule has 0 heterocycles. The average Bonchev–Trinajstić information content (AvgIpc) is 2.54. The van der Waals surface area contributed by atoms with Gasteiger partial charge in [0.25, 0.3) is 0 Å². The fourth-order valence-electron chi connectivity index (χ4n) is 2.36. The molecule has 2 aromatic carbocycles. The summed E-state index contributed by atoms with van der Waals surface area (Å²) in [7, 11) is 5.03. The van der Waals surface area contributed by atoms with Crippen LogP contribution in [0.2, 0.25) is 5.02 Å². The summed E-state index contributed by atoms with van der Waals surface area (Å²) in [6.07, 6.45) is -0.763. The summed E-state index contributed by atoms with van der Waals surface area (Å²) >= 11 is 5.90. The van der Waals surface area contributed by atoms with Gasteiger partial charge in [-0.3, -0.25) is 0 Å². The van der Waals surface area contributed by atoms with Crippen molar-refractivity contribution < 1.29 is 14.6 Å². The van der Waals surface area contributed by atoms with Crippen molar-refractivity contribution in [2.45, 2.75) is 12.6 Å². The molecule has 2 rings (SSSR count). The van der Waals surface area contributed by atoms with Crippen LogP contribution in [0.25, 0.3) is 0 Å². The van der Waals surface area contributed by atoms with Crippen molar-refractivity contribution in [1.82, 2.24) is 5.32 Å². The first-order chi connectivity index (χ1) is 10.6. The number of aliphatic hydroxyl groups is 1. The Labute approximate surface area is 135 Å². The Bertz CT molecular complexity index is 629. The molecule has 0 radical (unpaired) electrons. The lowest BCUT2D eigenvalue weighted by Crippen LogP contribution is -2.12. The first-order valence-corrected chi connectivity index (χ1v) is 7.31. The van der Waals surface area contributed by atoms with Gasteiger partial charge in [-0.05, 0) is 48.0 Å². The van der Waals surface area contributed by atoms with Crippen LogP contribution in [-0.4, -0.2) is 26.4 Å². The highest BCUT2D eigenvalue weighted by molar-refractivity contribution is 6.30. The van der Waals surface area contributed by atoms with Gasteiger partial charge >= 0.3 is 0 Å². The van der Waals surface area contributed by atoms with E-state index < -0.39 is 6.10 Å². The van der Waals surface area contributed by atoms with Crippen LogP contribution in [0, 0.1) is 0 Å². The topological polar surface area (TPSA) is 50.7 Å². The molecule has 1 atom stereocenters. The fraction of sp³-hybridized carbons (Fsp3) is 0.294. The first kappa shape index (κ1) is 16.6. The van der Waals surface area contributed by atoms with Crippen molar-refractivity contribution in [3.8, 4) is 11.5 Å². The molecule has 0 aromatic heterocycles. The van der Waals surface area contributed by atoms with Crippen LogP contribution < -0.4 is 14.8 Å². The number of rotatable bonds is 6. The lowest BCUT2D eigenvalue weighted by Gasteiger charge is -2.19. The summed E-state index contributed by atoms with van der Waals surface area (Å²) in [6, 6.07) is 10.8. The van der Waals surface area contributed by atoms with Crippen molar-refractivity contribution in [1.29, 1.82) is 0 Å². The van der Waals surface area contributed by atoms with Crippen LogP contribution in [0.3, 0.4) is 0 Å². The van der Waals surface area contributed by atoms with Gasteiger partial charge < -0.3 is 19.9 Å². The van der Waals surface area contributed by atoms with Gasteiger partial charge in [0.2, 0.25) is 0 Å². The molecule has 0 unspecified atom stereocenters. The Morgan fingerprint density at radius 3 is 2.23 bits per heavy atom. The third kappa shape index (κ3) is 3.53. The lowest BCUT2D eigenvalue weighted by atomic mass is 9.96. The first-order valence-electron chi connectivity index (χ1n) is 6.93. The van der Waals surface area contributed by atoms with E-state index in [-0.39, 0.29) is 0 Å². The predicted molar refractivity (Wildman–Crippen MR) is 87.8 cm³/mol. The number of benzene rings is 2. The SMILES string of the molecule is CNCc1cc(OC)c(OC)cc1[C@@H](O)c1ccc(Cl)cc1. The molecular formula is C17H20ClNO3. The van der Waals surface area contributed by atoms with E-state index in [9.17, 15) is 5.11 Å². The molecule has 4 nitrogen and oxygen atoms in total. The number of nitrogens with one attached hydrogen (secondary N) is 1. The average molecular weight is 322 g/mol. The van der Waals surface area contributed by atoms with Crippen LogP contribution >= 0.6 is 11.6 Å². The molecular weight excluding hydrogens is 302 g/mol. The Morgan fingerprint density at radius 1 is 1.09 bits per heavy atom. The molecule has 0 fully saturated rings. The molecule has 0 saturated carbocycles. The molecule has 2 N–H and O–H groups in total. The van der Waals surface area contributed by atoms with Gasteiger partial charge in [-0.15, -0.1) is 0 Å². The Balaban J connectivity index is 2.48. The summed E-state index contributed by atoms with van der Waals surface area (Å²) in [5.41, 5.74) is 2.49. The van der Waals surface area contributed by atoms with E-state index in [2.05, 4.69) is 5.32 Å². The molecule has 0 spiro atoms. The van der Waals surface area contributed by atoms with Gasteiger partial charge in [0.05, 0.1) is 14.2 Å². The predicted octanol–water partition coefficient (Wildman–Crippen LogP) is 3.16.